The molecule has 4 nitrogen and oxygen atoms in total. The third kappa shape index (κ3) is 1.58. The highest BCUT2D eigenvalue weighted by atomic mass is 32.2. The van der Waals surface area contributed by atoms with E-state index < -0.39 is 31.0 Å². The molecule has 4 aromatic rings. The Bertz CT molecular complexity index is 1110. The van der Waals surface area contributed by atoms with Gasteiger partial charge in [0.1, 0.15) is 5.39 Å². The molecule has 0 aliphatic rings. The van der Waals surface area contributed by atoms with E-state index in [-0.39, 0.29) is 10.8 Å². The summed E-state index contributed by atoms with van der Waals surface area (Å²) >= 11 is 0. The van der Waals surface area contributed by atoms with E-state index in [1.165, 1.54) is 0 Å². The van der Waals surface area contributed by atoms with E-state index in [1.807, 2.05) is 0 Å². The zero-order valence-corrected chi connectivity index (χ0v) is 13.4. The molecule has 2 atom stereocenters. The minimum atomic E-state index is -1.84. The van der Waals surface area contributed by atoms with Gasteiger partial charge in [-0.15, -0.1) is 0 Å². The predicted molar refractivity (Wildman–Crippen MR) is 89.5 cm³/mol. The molecule has 22 heavy (non-hydrogen) atoms. The van der Waals surface area contributed by atoms with Gasteiger partial charge in [0, 0.05) is 39.0 Å². The third-order valence-electron chi connectivity index (χ3n) is 3.92. The second-order valence-electron chi connectivity index (χ2n) is 5.48. The summed E-state index contributed by atoms with van der Waals surface area (Å²) in [4.78, 5) is 24.9. The Kier molecular flexibility index (Phi) is 2.71. The van der Waals surface area contributed by atoms with Gasteiger partial charge in [-0.05, 0) is 37.1 Å². The fraction of sp³-hybridized carbons (Fsp3) is 0.125. The van der Waals surface area contributed by atoms with E-state index in [0.717, 1.165) is 5.56 Å². The summed E-state index contributed by atoms with van der Waals surface area (Å²) in [6.07, 6.45) is 0. The maximum absolute atomic E-state index is 12.5. The van der Waals surface area contributed by atoms with E-state index in [0.29, 0.717) is 25.7 Å². The highest BCUT2D eigenvalue weighted by molar-refractivity contribution is 7.32. The highest BCUT2D eigenvalue weighted by Crippen LogP contribution is 2.40. The van der Waals surface area contributed by atoms with Crippen molar-refractivity contribution in [3.8, 4) is 0 Å². The van der Waals surface area contributed by atoms with E-state index in [2.05, 4.69) is 0 Å². The topological polar surface area (TPSA) is 80.3 Å². The molecule has 2 heterocycles. The van der Waals surface area contributed by atoms with Gasteiger partial charge in [0.25, 0.3) is 0 Å². The van der Waals surface area contributed by atoms with Gasteiger partial charge in [0.2, 0.25) is 0 Å². The van der Waals surface area contributed by atoms with Gasteiger partial charge in [-0.1, -0.05) is 0 Å². The van der Waals surface area contributed by atoms with Gasteiger partial charge in [-0.25, -0.2) is 9.59 Å². The van der Waals surface area contributed by atoms with E-state index in [4.69, 9.17) is 0 Å². The molecule has 110 valence electrons. The van der Waals surface area contributed by atoms with Gasteiger partial charge >= 0.3 is 9.48 Å². The normalized spacial score (nSPS) is 13.6. The zero-order valence-electron chi connectivity index (χ0n) is 11.8. The monoisotopic (exact) mass is 330 g/mol. The Hall–Kier alpha value is -1.86. The summed E-state index contributed by atoms with van der Waals surface area (Å²) in [6.45, 7) is 3.52. The standard InChI is InChI=1S/C16H10O4S2/c1-7-3-9-13-10(4-7)16(18)22(20)12-6-8(2)5-11(14(12)13)21(19)15(9)17/h3-6H,1-2H3. The SMILES string of the molecule is Cc1cc2c(=O)[s+]([O-])c3cc(C)cc4c3c2c(c1)c(=O)[s+]4[O-]. The van der Waals surface area contributed by atoms with Crippen LogP contribution in [0.1, 0.15) is 11.1 Å². The minimum Gasteiger partial charge on any atom is -0.587 e. The molecule has 0 saturated carbocycles. The summed E-state index contributed by atoms with van der Waals surface area (Å²) in [5, 5.41) is 1.60. The second kappa shape index (κ2) is 4.33. The Labute approximate surface area is 130 Å². The molecule has 0 amide bonds. The minimum absolute atomic E-state index is 0.288. The van der Waals surface area contributed by atoms with Crippen LogP contribution in [-0.2, 0) is 0 Å². The van der Waals surface area contributed by atoms with Crippen LogP contribution in [0.4, 0.5) is 0 Å². The van der Waals surface area contributed by atoms with Crippen molar-refractivity contribution in [1.82, 2.24) is 0 Å². The Balaban J connectivity index is 2.59. The first-order valence-electron chi connectivity index (χ1n) is 6.62. The molecule has 0 N–H and O–H groups in total. The van der Waals surface area contributed by atoms with Crippen molar-refractivity contribution in [1.29, 1.82) is 0 Å². The van der Waals surface area contributed by atoms with Crippen molar-refractivity contribution in [3.05, 3.63) is 54.5 Å². The molecule has 0 aliphatic heterocycles. The molecule has 0 aliphatic carbocycles. The van der Waals surface area contributed by atoms with Crippen LogP contribution in [-0.4, -0.2) is 9.11 Å². The van der Waals surface area contributed by atoms with Crippen LogP contribution in [0.25, 0.3) is 30.9 Å². The number of hydrogen-bond acceptors (Lipinski definition) is 4. The number of rotatable bonds is 0. The lowest BCUT2D eigenvalue weighted by Gasteiger charge is -2.10. The lowest BCUT2D eigenvalue weighted by molar-refractivity contribution is 0.598. The quantitative estimate of drug-likeness (QED) is 0.366. The molecule has 4 rings (SSSR count). The molecule has 0 bridgehead atoms. The van der Waals surface area contributed by atoms with Gasteiger partial charge in [0.15, 0.2) is 9.40 Å². The molecule has 2 aromatic heterocycles. The maximum Gasteiger partial charge on any atom is 0.381 e. The van der Waals surface area contributed by atoms with Crippen molar-refractivity contribution in [2.45, 2.75) is 13.8 Å². The van der Waals surface area contributed by atoms with Crippen molar-refractivity contribution in [3.63, 3.8) is 0 Å². The first kappa shape index (κ1) is 13.8. The Morgan fingerprint density at radius 3 is 1.59 bits per heavy atom. The van der Waals surface area contributed by atoms with Crippen molar-refractivity contribution < 1.29 is 9.11 Å². The lowest BCUT2D eigenvalue weighted by atomic mass is 10.0. The van der Waals surface area contributed by atoms with E-state index in [9.17, 15) is 18.7 Å². The first-order chi connectivity index (χ1) is 10.4. The fourth-order valence-corrected chi connectivity index (χ4v) is 5.60. The van der Waals surface area contributed by atoms with Crippen molar-refractivity contribution >= 4 is 52.4 Å². The largest absolute Gasteiger partial charge is 0.587 e. The first-order valence-corrected chi connectivity index (χ1v) is 8.92. The number of benzene rings is 2. The molecule has 6 heteroatoms. The molecule has 0 saturated heterocycles. The molecule has 2 unspecified atom stereocenters. The lowest BCUT2D eigenvalue weighted by Crippen LogP contribution is -2.08. The van der Waals surface area contributed by atoms with Crippen LogP contribution in [0, 0.1) is 13.8 Å². The molecular weight excluding hydrogens is 320 g/mol. The predicted octanol–water partition coefficient (Wildman–Crippen LogP) is 3.38. The van der Waals surface area contributed by atoms with Crippen LogP contribution in [0.5, 0.6) is 0 Å². The van der Waals surface area contributed by atoms with Crippen LogP contribution >= 0.6 is 21.5 Å². The Morgan fingerprint density at radius 1 is 0.727 bits per heavy atom. The average Bonchev–Trinajstić information content (AvgIpc) is 2.48. The molecule has 0 radical (unpaired) electrons. The summed E-state index contributed by atoms with van der Waals surface area (Å²) in [7, 11) is -3.67. The summed E-state index contributed by atoms with van der Waals surface area (Å²) < 4.78 is 24.7. The van der Waals surface area contributed by atoms with Crippen molar-refractivity contribution in [2.75, 3.05) is 0 Å². The van der Waals surface area contributed by atoms with Crippen LogP contribution < -0.4 is 9.48 Å². The van der Waals surface area contributed by atoms with E-state index >= 15 is 0 Å². The Morgan fingerprint density at radius 2 is 1.14 bits per heavy atom. The second-order valence-corrected chi connectivity index (χ2v) is 8.18. The third-order valence-corrected chi connectivity index (χ3v) is 6.48. The van der Waals surface area contributed by atoms with Crippen LogP contribution in [0.15, 0.2) is 33.9 Å². The number of hydrogen-bond donors (Lipinski definition) is 0. The van der Waals surface area contributed by atoms with Gasteiger partial charge < -0.3 is 9.11 Å². The van der Waals surface area contributed by atoms with E-state index in [1.54, 1.807) is 38.1 Å². The van der Waals surface area contributed by atoms with Crippen molar-refractivity contribution in [2.24, 2.45) is 0 Å². The van der Waals surface area contributed by atoms with Gasteiger partial charge in [-0.2, -0.15) is 0 Å². The van der Waals surface area contributed by atoms with Gasteiger partial charge in [-0.3, -0.25) is 0 Å². The smallest absolute Gasteiger partial charge is 0.381 e. The van der Waals surface area contributed by atoms with Crippen LogP contribution in [0.2, 0.25) is 0 Å². The molecule has 2 aromatic carbocycles. The molecule has 0 fully saturated rings. The van der Waals surface area contributed by atoms with Gasteiger partial charge in [0.05, 0.1) is 10.8 Å². The average molecular weight is 330 g/mol. The highest BCUT2D eigenvalue weighted by Gasteiger charge is 2.26. The fourth-order valence-electron chi connectivity index (χ4n) is 3.04. The number of aryl methyl sites for hydroxylation is 2. The molecular formula is C16H10O4S2. The summed E-state index contributed by atoms with van der Waals surface area (Å²) in [5.74, 6) is 0. The zero-order chi connectivity index (χ0) is 15.8. The maximum atomic E-state index is 12.5. The van der Waals surface area contributed by atoms with Crippen LogP contribution in [0.3, 0.4) is 0 Å². The summed E-state index contributed by atoms with van der Waals surface area (Å²) in [6, 6.07) is 6.64. The summed E-state index contributed by atoms with van der Waals surface area (Å²) in [5.41, 5.74) is 1.44. The molecule has 0 spiro atoms.